The molecule has 0 spiro atoms. The Morgan fingerprint density at radius 1 is 1.50 bits per heavy atom. The van der Waals surface area contributed by atoms with Crippen molar-refractivity contribution in [3.05, 3.63) is 23.8 Å². The SMILES string of the molecule is CCC(=O)N1CC(C)(C)Oc2ccc(CC(C)N)cc21. The Bertz CT molecular complexity index is 509. The number of nitrogens with zero attached hydrogens (tertiary/aromatic N) is 1. The van der Waals surface area contributed by atoms with Gasteiger partial charge in [-0.2, -0.15) is 0 Å². The van der Waals surface area contributed by atoms with Crippen LogP contribution in [0.15, 0.2) is 18.2 Å². The Morgan fingerprint density at radius 3 is 2.80 bits per heavy atom. The minimum atomic E-state index is -0.361. The number of ether oxygens (including phenoxy) is 1. The summed E-state index contributed by atoms with van der Waals surface area (Å²) in [6.45, 7) is 8.45. The molecule has 4 heteroatoms. The van der Waals surface area contributed by atoms with Crippen LogP contribution in [0.2, 0.25) is 0 Å². The van der Waals surface area contributed by atoms with Gasteiger partial charge in [0.2, 0.25) is 5.91 Å². The highest BCUT2D eigenvalue weighted by atomic mass is 16.5. The molecule has 110 valence electrons. The van der Waals surface area contributed by atoms with Crippen LogP contribution in [-0.2, 0) is 11.2 Å². The maximum Gasteiger partial charge on any atom is 0.226 e. The Kier molecular flexibility index (Phi) is 4.04. The Morgan fingerprint density at radius 2 is 2.20 bits per heavy atom. The first-order chi connectivity index (χ1) is 9.32. The van der Waals surface area contributed by atoms with Gasteiger partial charge in [-0.3, -0.25) is 4.79 Å². The molecule has 0 saturated carbocycles. The number of rotatable bonds is 3. The number of carbonyl (C=O) groups excluding carboxylic acids is 1. The van der Waals surface area contributed by atoms with Gasteiger partial charge in [-0.25, -0.2) is 0 Å². The van der Waals surface area contributed by atoms with Crippen molar-refractivity contribution in [1.82, 2.24) is 0 Å². The number of nitrogens with two attached hydrogens (primary N) is 1. The topological polar surface area (TPSA) is 55.6 Å². The van der Waals surface area contributed by atoms with Gasteiger partial charge in [0.05, 0.1) is 12.2 Å². The summed E-state index contributed by atoms with van der Waals surface area (Å²) in [5.74, 6) is 0.900. The van der Waals surface area contributed by atoms with Gasteiger partial charge in [0, 0.05) is 12.5 Å². The first-order valence-electron chi connectivity index (χ1n) is 7.20. The lowest BCUT2D eigenvalue weighted by Crippen LogP contribution is -2.49. The quantitative estimate of drug-likeness (QED) is 0.922. The third-order valence-electron chi connectivity index (χ3n) is 3.40. The van der Waals surface area contributed by atoms with E-state index in [1.807, 2.05) is 50.8 Å². The molecule has 1 unspecified atom stereocenters. The lowest BCUT2D eigenvalue weighted by atomic mass is 10.0. The highest BCUT2D eigenvalue weighted by molar-refractivity contribution is 5.95. The molecule has 1 aromatic rings. The molecule has 0 saturated heterocycles. The number of benzene rings is 1. The fraction of sp³-hybridized carbons (Fsp3) is 0.562. The zero-order valence-corrected chi connectivity index (χ0v) is 12.8. The fourth-order valence-corrected chi connectivity index (χ4v) is 2.57. The van der Waals surface area contributed by atoms with Gasteiger partial charge >= 0.3 is 0 Å². The molecule has 1 amide bonds. The summed E-state index contributed by atoms with van der Waals surface area (Å²) in [7, 11) is 0. The van der Waals surface area contributed by atoms with Gasteiger partial charge in [0.1, 0.15) is 11.4 Å². The second-order valence-electron chi connectivity index (χ2n) is 6.18. The van der Waals surface area contributed by atoms with Crippen LogP contribution >= 0.6 is 0 Å². The van der Waals surface area contributed by atoms with E-state index in [-0.39, 0.29) is 17.6 Å². The summed E-state index contributed by atoms with van der Waals surface area (Å²) in [5, 5.41) is 0. The Hall–Kier alpha value is -1.55. The zero-order chi connectivity index (χ0) is 14.9. The third-order valence-corrected chi connectivity index (χ3v) is 3.40. The molecule has 1 atom stereocenters. The van der Waals surface area contributed by atoms with Crippen LogP contribution in [-0.4, -0.2) is 24.1 Å². The third kappa shape index (κ3) is 3.12. The molecular formula is C16H24N2O2. The molecule has 2 N–H and O–H groups in total. The summed E-state index contributed by atoms with van der Waals surface area (Å²) in [6.07, 6.45) is 1.29. The smallest absolute Gasteiger partial charge is 0.226 e. The van der Waals surface area contributed by atoms with Crippen LogP contribution in [0.4, 0.5) is 5.69 Å². The highest BCUT2D eigenvalue weighted by Gasteiger charge is 2.34. The van der Waals surface area contributed by atoms with Crippen LogP contribution in [0, 0.1) is 0 Å². The van der Waals surface area contributed by atoms with Crippen LogP contribution in [0.5, 0.6) is 5.75 Å². The lowest BCUT2D eigenvalue weighted by Gasteiger charge is -2.40. The maximum absolute atomic E-state index is 12.2. The fourth-order valence-electron chi connectivity index (χ4n) is 2.57. The van der Waals surface area contributed by atoms with Gasteiger partial charge in [0.15, 0.2) is 0 Å². The van der Waals surface area contributed by atoms with Crippen LogP contribution in [0.3, 0.4) is 0 Å². The summed E-state index contributed by atoms with van der Waals surface area (Å²) < 4.78 is 5.98. The molecule has 1 aliphatic heterocycles. The summed E-state index contributed by atoms with van der Waals surface area (Å²) in [6, 6.07) is 6.10. The second kappa shape index (κ2) is 5.44. The predicted molar refractivity (Wildman–Crippen MR) is 81.1 cm³/mol. The van der Waals surface area contributed by atoms with E-state index in [2.05, 4.69) is 0 Å². The van der Waals surface area contributed by atoms with Gasteiger partial charge in [-0.15, -0.1) is 0 Å². The van der Waals surface area contributed by atoms with E-state index in [0.717, 1.165) is 23.4 Å². The monoisotopic (exact) mass is 276 g/mol. The van der Waals surface area contributed by atoms with E-state index < -0.39 is 0 Å². The molecule has 1 aliphatic rings. The first kappa shape index (κ1) is 14.9. The van der Waals surface area contributed by atoms with Gasteiger partial charge in [-0.05, 0) is 44.9 Å². The molecule has 0 radical (unpaired) electrons. The largest absolute Gasteiger partial charge is 0.484 e. The molecular weight excluding hydrogens is 252 g/mol. The average molecular weight is 276 g/mol. The normalized spacial score (nSPS) is 18.1. The molecule has 0 bridgehead atoms. The standard InChI is InChI=1S/C16H24N2O2/c1-5-15(19)18-10-16(3,4)20-14-7-6-12(8-11(2)17)9-13(14)18/h6-7,9,11H,5,8,10,17H2,1-4H3. The summed E-state index contributed by atoms with van der Waals surface area (Å²) in [5.41, 5.74) is 7.50. The highest BCUT2D eigenvalue weighted by Crippen LogP contribution is 2.38. The Balaban J connectivity index is 2.41. The number of fused-ring (bicyclic) bond motifs is 1. The molecule has 1 heterocycles. The number of hydrogen-bond donors (Lipinski definition) is 1. The molecule has 1 aromatic carbocycles. The summed E-state index contributed by atoms with van der Waals surface area (Å²) in [4.78, 5) is 14.0. The van der Waals surface area contributed by atoms with Crippen LogP contribution < -0.4 is 15.4 Å². The lowest BCUT2D eigenvalue weighted by molar-refractivity contribution is -0.119. The van der Waals surface area contributed by atoms with E-state index in [4.69, 9.17) is 10.5 Å². The van der Waals surface area contributed by atoms with E-state index in [9.17, 15) is 4.79 Å². The number of amides is 1. The van der Waals surface area contributed by atoms with Crippen molar-refractivity contribution in [2.45, 2.75) is 52.2 Å². The molecule has 0 aliphatic carbocycles. The maximum atomic E-state index is 12.2. The average Bonchev–Trinajstić information content (AvgIpc) is 2.36. The van der Waals surface area contributed by atoms with Crippen molar-refractivity contribution in [2.24, 2.45) is 5.73 Å². The zero-order valence-electron chi connectivity index (χ0n) is 12.8. The predicted octanol–water partition coefficient (Wildman–Crippen LogP) is 2.49. The minimum Gasteiger partial charge on any atom is -0.484 e. The van der Waals surface area contributed by atoms with Gasteiger partial charge in [-0.1, -0.05) is 13.0 Å². The van der Waals surface area contributed by atoms with Crippen molar-refractivity contribution in [3.8, 4) is 5.75 Å². The van der Waals surface area contributed by atoms with E-state index >= 15 is 0 Å². The van der Waals surface area contributed by atoms with Gasteiger partial charge in [0.25, 0.3) is 0 Å². The molecule has 4 nitrogen and oxygen atoms in total. The van der Waals surface area contributed by atoms with Crippen molar-refractivity contribution in [2.75, 3.05) is 11.4 Å². The van der Waals surface area contributed by atoms with Crippen molar-refractivity contribution in [1.29, 1.82) is 0 Å². The molecule has 0 aromatic heterocycles. The first-order valence-corrected chi connectivity index (χ1v) is 7.20. The van der Waals surface area contributed by atoms with Crippen LogP contribution in [0.25, 0.3) is 0 Å². The summed E-state index contributed by atoms with van der Waals surface area (Å²) >= 11 is 0. The molecule has 20 heavy (non-hydrogen) atoms. The van der Waals surface area contributed by atoms with Crippen molar-refractivity contribution >= 4 is 11.6 Å². The van der Waals surface area contributed by atoms with E-state index in [0.29, 0.717) is 13.0 Å². The minimum absolute atomic E-state index is 0.101. The number of hydrogen-bond acceptors (Lipinski definition) is 3. The van der Waals surface area contributed by atoms with Gasteiger partial charge < -0.3 is 15.4 Å². The Labute approximate surface area is 120 Å². The molecule has 2 rings (SSSR count). The number of carbonyl (C=O) groups is 1. The van der Waals surface area contributed by atoms with Crippen molar-refractivity contribution < 1.29 is 9.53 Å². The second-order valence-corrected chi connectivity index (χ2v) is 6.18. The van der Waals surface area contributed by atoms with E-state index in [1.165, 1.54) is 0 Å². The number of anilines is 1. The van der Waals surface area contributed by atoms with E-state index in [1.54, 1.807) is 0 Å². The van der Waals surface area contributed by atoms with Crippen molar-refractivity contribution in [3.63, 3.8) is 0 Å². The van der Waals surface area contributed by atoms with Crippen LogP contribution in [0.1, 0.15) is 39.7 Å². The molecule has 0 fully saturated rings.